The van der Waals surface area contributed by atoms with Gasteiger partial charge in [0, 0.05) is 27.5 Å². The van der Waals surface area contributed by atoms with E-state index in [1.165, 1.54) is 7.11 Å². The number of aromatic nitrogens is 2. The molecule has 2 aromatic heterocycles. The van der Waals surface area contributed by atoms with Gasteiger partial charge in [0.1, 0.15) is 11.8 Å². The number of methoxy groups -OCH3 is 1. The van der Waals surface area contributed by atoms with Gasteiger partial charge in [0.2, 0.25) is 11.8 Å². The lowest BCUT2D eigenvalue weighted by molar-refractivity contribution is -0.125. The number of para-hydroxylation sites is 1. The molecule has 0 aliphatic carbocycles. The number of benzene rings is 2. The molecule has 2 heterocycles. The van der Waals surface area contributed by atoms with Gasteiger partial charge in [-0.25, -0.2) is 9.78 Å². The summed E-state index contributed by atoms with van der Waals surface area (Å²) in [5.41, 5.74) is 2.51. The molecular formula is C27H28BrN3O5. The molecule has 1 amide bonds. The highest BCUT2D eigenvalue weighted by atomic mass is 79.9. The molecule has 0 fully saturated rings. The van der Waals surface area contributed by atoms with Gasteiger partial charge < -0.3 is 24.6 Å². The van der Waals surface area contributed by atoms with Crippen LogP contribution in [0, 0.1) is 11.8 Å². The van der Waals surface area contributed by atoms with Gasteiger partial charge in [0.25, 0.3) is 0 Å². The number of oxazole rings is 1. The maximum absolute atomic E-state index is 13.1. The third-order valence-corrected chi connectivity index (χ3v) is 6.75. The minimum atomic E-state index is -0.626. The number of phenols is 1. The number of hydrogen-bond donors (Lipinski definition) is 3. The molecule has 4 rings (SSSR count). The molecule has 188 valence electrons. The van der Waals surface area contributed by atoms with Crippen LogP contribution in [0.2, 0.25) is 0 Å². The van der Waals surface area contributed by atoms with Crippen molar-refractivity contribution in [1.82, 2.24) is 15.3 Å². The zero-order valence-corrected chi connectivity index (χ0v) is 22.0. The molecule has 3 N–H and O–H groups in total. The lowest BCUT2D eigenvalue weighted by Gasteiger charge is -2.21. The Labute approximate surface area is 217 Å². The Hall–Kier alpha value is -3.59. The highest BCUT2D eigenvalue weighted by Crippen LogP contribution is 2.36. The molecular weight excluding hydrogens is 526 g/mol. The van der Waals surface area contributed by atoms with Gasteiger partial charge in [-0.05, 0) is 52.0 Å². The second-order valence-electron chi connectivity index (χ2n) is 9.09. The SMILES string of the molecule is COC(=O)c1nc([C@@H](NC(=O)[C@@H](C)Cc2ccc(O)cc2)C(C)C)oc1-c1c[nH]c2c(Br)cccc12. The zero-order valence-electron chi connectivity index (χ0n) is 20.5. The first-order valence-electron chi connectivity index (χ1n) is 11.6. The monoisotopic (exact) mass is 553 g/mol. The van der Waals surface area contributed by atoms with Crippen LogP contribution in [0.25, 0.3) is 22.2 Å². The number of nitrogens with zero attached hydrogens (tertiary/aromatic N) is 1. The van der Waals surface area contributed by atoms with E-state index in [-0.39, 0.29) is 40.8 Å². The lowest BCUT2D eigenvalue weighted by Crippen LogP contribution is -2.36. The van der Waals surface area contributed by atoms with Crippen molar-refractivity contribution in [2.24, 2.45) is 11.8 Å². The van der Waals surface area contributed by atoms with E-state index in [0.29, 0.717) is 12.0 Å². The number of rotatable bonds is 8. The highest BCUT2D eigenvalue weighted by molar-refractivity contribution is 9.10. The molecule has 36 heavy (non-hydrogen) atoms. The molecule has 0 bridgehead atoms. The topological polar surface area (TPSA) is 117 Å². The van der Waals surface area contributed by atoms with E-state index >= 15 is 0 Å². The molecule has 0 unspecified atom stereocenters. The van der Waals surface area contributed by atoms with E-state index in [1.54, 1.807) is 30.5 Å². The summed E-state index contributed by atoms with van der Waals surface area (Å²) in [6.07, 6.45) is 2.26. The Morgan fingerprint density at radius 3 is 2.56 bits per heavy atom. The average molecular weight is 554 g/mol. The largest absolute Gasteiger partial charge is 0.508 e. The number of amides is 1. The fourth-order valence-corrected chi connectivity index (χ4v) is 4.56. The first kappa shape index (κ1) is 25.5. The summed E-state index contributed by atoms with van der Waals surface area (Å²) in [6, 6.07) is 12.0. The van der Waals surface area contributed by atoms with Crippen LogP contribution in [0.4, 0.5) is 0 Å². The van der Waals surface area contributed by atoms with Gasteiger partial charge in [-0.15, -0.1) is 0 Å². The molecule has 2 atom stereocenters. The third-order valence-electron chi connectivity index (χ3n) is 6.09. The summed E-state index contributed by atoms with van der Waals surface area (Å²) in [5, 5.41) is 13.4. The maximum Gasteiger partial charge on any atom is 0.360 e. The van der Waals surface area contributed by atoms with E-state index in [0.717, 1.165) is 20.9 Å². The van der Waals surface area contributed by atoms with Crippen molar-refractivity contribution in [1.29, 1.82) is 0 Å². The highest BCUT2D eigenvalue weighted by Gasteiger charge is 2.31. The van der Waals surface area contributed by atoms with Crippen molar-refractivity contribution in [2.45, 2.75) is 33.2 Å². The van der Waals surface area contributed by atoms with Crippen LogP contribution < -0.4 is 5.32 Å². The fourth-order valence-electron chi connectivity index (χ4n) is 4.08. The van der Waals surface area contributed by atoms with E-state index in [4.69, 9.17) is 9.15 Å². The number of nitrogens with one attached hydrogen (secondary N) is 2. The number of hydrogen-bond acceptors (Lipinski definition) is 6. The van der Waals surface area contributed by atoms with Gasteiger partial charge in [0.15, 0.2) is 11.5 Å². The predicted octanol–water partition coefficient (Wildman–Crippen LogP) is 5.77. The van der Waals surface area contributed by atoms with Crippen LogP contribution in [0.5, 0.6) is 5.75 Å². The summed E-state index contributed by atoms with van der Waals surface area (Å²) in [5.74, 6) is -0.510. The normalized spacial score (nSPS) is 13.1. The summed E-state index contributed by atoms with van der Waals surface area (Å²) in [7, 11) is 1.29. The van der Waals surface area contributed by atoms with Crippen LogP contribution >= 0.6 is 15.9 Å². The Morgan fingerprint density at radius 2 is 1.89 bits per heavy atom. The quantitative estimate of drug-likeness (QED) is 0.238. The number of aromatic hydroxyl groups is 1. The van der Waals surface area contributed by atoms with Gasteiger partial charge in [-0.1, -0.05) is 45.0 Å². The predicted molar refractivity (Wildman–Crippen MR) is 140 cm³/mol. The number of aromatic amines is 1. The number of H-pyrrole nitrogens is 1. The van der Waals surface area contributed by atoms with Crippen molar-refractivity contribution in [3.63, 3.8) is 0 Å². The number of halogens is 1. The molecule has 9 heteroatoms. The number of carbonyl (C=O) groups is 2. The molecule has 0 saturated heterocycles. The number of esters is 1. The van der Waals surface area contributed by atoms with Crippen molar-refractivity contribution in [3.8, 4) is 17.1 Å². The van der Waals surface area contributed by atoms with E-state index in [2.05, 4.69) is 31.2 Å². The number of fused-ring (bicyclic) bond motifs is 1. The van der Waals surface area contributed by atoms with Gasteiger partial charge in [0.05, 0.1) is 12.6 Å². The smallest absolute Gasteiger partial charge is 0.360 e. The van der Waals surface area contributed by atoms with Crippen LogP contribution in [0.15, 0.2) is 57.6 Å². The molecule has 0 saturated carbocycles. The van der Waals surface area contributed by atoms with E-state index in [1.807, 2.05) is 39.0 Å². The maximum atomic E-state index is 13.1. The minimum absolute atomic E-state index is 0.0467. The van der Waals surface area contributed by atoms with Crippen LogP contribution in [-0.2, 0) is 16.0 Å². The first-order valence-corrected chi connectivity index (χ1v) is 12.4. The molecule has 8 nitrogen and oxygen atoms in total. The van der Waals surface area contributed by atoms with Gasteiger partial charge in [-0.2, -0.15) is 0 Å². The van der Waals surface area contributed by atoms with Crippen molar-refractivity contribution in [3.05, 3.63) is 70.3 Å². The molecule has 0 aliphatic rings. The molecule has 4 aromatic rings. The number of ether oxygens (including phenoxy) is 1. The van der Waals surface area contributed by atoms with Crippen LogP contribution in [-0.4, -0.2) is 34.1 Å². The Morgan fingerprint density at radius 1 is 1.17 bits per heavy atom. The minimum Gasteiger partial charge on any atom is -0.508 e. The summed E-state index contributed by atoms with van der Waals surface area (Å²) < 4.78 is 12.0. The number of phenolic OH excluding ortho intramolecular Hbond substituents is 1. The van der Waals surface area contributed by atoms with E-state index in [9.17, 15) is 14.7 Å². The summed E-state index contributed by atoms with van der Waals surface area (Å²) in [6.45, 7) is 5.73. The van der Waals surface area contributed by atoms with Crippen molar-refractivity contribution < 1.29 is 23.8 Å². The van der Waals surface area contributed by atoms with Gasteiger partial charge >= 0.3 is 5.97 Å². The van der Waals surface area contributed by atoms with Gasteiger partial charge in [-0.3, -0.25) is 4.79 Å². The van der Waals surface area contributed by atoms with Crippen LogP contribution in [0.1, 0.15) is 48.8 Å². The van der Waals surface area contributed by atoms with E-state index < -0.39 is 12.0 Å². The fraction of sp³-hybridized carbons (Fsp3) is 0.296. The standard InChI is InChI=1S/C27H28BrN3O5/c1-14(2)21(30-25(33)15(3)12-16-8-10-17(32)11-9-16)26-31-23(27(34)35-4)24(36-26)19-13-29-22-18(19)6-5-7-20(22)28/h5-11,13-15,21,29,32H,12H2,1-4H3,(H,30,33)/t15-,21-/m0/s1. The first-order chi connectivity index (χ1) is 17.2. The molecule has 0 aliphatic heterocycles. The molecule has 2 aromatic carbocycles. The zero-order chi connectivity index (χ0) is 26.0. The summed E-state index contributed by atoms with van der Waals surface area (Å²) in [4.78, 5) is 33.4. The van der Waals surface area contributed by atoms with Crippen molar-refractivity contribution >= 4 is 38.7 Å². The second-order valence-corrected chi connectivity index (χ2v) is 9.94. The molecule has 0 spiro atoms. The Balaban J connectivity index is 1.65. The second kappa shape index (κ2) is 10.6. The molecule has 0 radical (unpaired) electrons. The average Bonchev–Trinajstić information content (AvgIpc) is 3.48. The Kier molecular flexibility index (Phi) is 7.49. The number of carbonyl (C=O) groups excluding carboxylic acids is 2. The van der Waals surface area contributed by atoms with Crippen molar-refractivity contribution in [2.75, 3.05) is 7.11 Å². The third kappa shape index (κ3) is 5.16. The Bertz CT molecular complexity index is 1390. The van der Waals surface area contributed by atoms with Crippen LogP contribution in [0.3, 0.4) is 0 Å². The summed E-state index contributed by atoms with van der Waals surface area (Å²) >= 11 is 3.53. The lowest BCUT2D eigenvalue weighted by atomic mass is 9.98.